The lowest BCUT2D eigenvalue weighted by molar-refractivity contribution is -0.118. The van der Waals surface area contributed by atoms with Crippen molar-refractivity contribution in [1.82, 2.24) is 5.32 Å². The zero-order valence-electron chi connectivity index (χ0n) is 7.30. The van der Waals surface area contributed by atoms with Gasteiger partial charge in [-0.3, -0.25) is 14.9 Å². The summed E-state index contributed by atoms with van der Waals surface area (Å²) in [6.45, 7) is 1.29. The fourth-order valence-electron chi connectivity index (χ4n) is 0.899. The average molecular weight is 324 g/mol. The number of hydrogen-bond acceptors (Lipinski definition) is 2. The lowest BCUT2D eigenvalue weighted by Crippen LogP contribution is -2.28. The molecule has 0 radical (unpaired) electrons. The van der Waals surface area contributed by atoms with E-state index in [1.807, 2.05) is 22.6 Å². The van der Waals surface area contributed by atoms with Crippen molar-refractivity contribution in [2.45, 2.75) is 6.92 Å². The van der Waals surface area contributed by atoms with Crippen LogP contribution in [0.2, 0.25) is 5.02 Å². The Balaban J connectivity index is 3.00. The highest BCUT2D eigenvalue weighted by molar-refractivity contribution is 14.1. The topological polar surface area (TPSA) is 46.2 Å². The fraction of sp³-hybridized carbons (Fsp3) is 0.111. The third kappa shape index (κ3) is 2.95. The van der Waals surface area contributed by atoms with Gasteiger partial charge >= 0.3 is 0 Å². The lowest BCUT2D eigenvalue weighted by Gasteiger charge is -2.03. The summed E-state index contributed by atoms with van der Waals surface area (Å²) in [5.74, 6) is -0.810. The van der Waals surface area contributed by atoms with Crippen LogP contribution in [0.4, 0.5) is 0 Å². The summed E-state index contributed by atoms with van der Waals surface area (Å²) < 4.78 is 0.755. The van der Waals surface area contributed by atoms with E-state index in [0.29, 0.717) is 10.6 Å². The van der Waals surface area contributed by atoms with Gasteiger partial charge in [0.05, 0.1) is 5.56 Å². The van der Waals surface area contributed by atoms with Crippen molar-refractivity contribution in [3.8, 4) is 0 Å². The van der Waals surface area contributed by atoms with Gasteiger partial charge in [0.2, 0.25) is 5.91 Å². The molecule has 0 aliphatic rings. The lowest BCUT2D eigenvalue weighted by atomic mass is 10.2. The Hall–Kier alpha value is -0.620. The monoisotopic (exact) mass is 323 g/mol. The minimum atomic E-state index is -0.426. The molecule has 0 atom stereocenters. The second kappa shape index (κ2) is 4.75. The van der Waals surface area contributed by atoms with E-state index in [4.69, 9.17) is 11.6 Å². The van der Waals surface area contributed by atoms with Gasteiger partial charge in [0.1, 0.15) is 0 Å². The predicted molar refractivity (Wildman–Crippen MR) is 62.3 cm³/mol. The molecule has 74 valence electrons. The van der Waals surface area contributed by atoms with Gasteiger partial charge in [-0.15, -0.1) is 0 Å². The molecule has 0 bridgehead atoms. The Kier molecular flexibility index (Phi) is 3.88. The van der Waals surface area contributed by atoms with E-state index in [9.17, 15) is 9.59 Å². The number of rotatable bonds is 1. The van der Waals surface area contributed by atoms with E-state index in [1.54, 1.807) is 12.1 Å². The van der Waals surface area contributed by atoms with Crippen molar-refractivity contribution in [1.29, 1.82) is 0 Å². The average Bonchev–Trinajstić information content (AvgIpc) is 2.08. The summed E-state index contributed by atoms with van der Waals surface area (Å²) in [6, 6.07) is 4.94. The quantitative estimate of drug-likeness (QED) is 0.806. The maximum Gasteiger partial charge on any atom is 0.258 e. The Morgan fingerprint density at radius 2 is 2.07 bits per heavy atom. The summed E-state index contributed by atoms with van der Waals surface area (Å²) in [5, 5.41) is 2.66. The molecule has 0 aromatic heterocycles. The van der Waals surface area contributed by atoms with E-state index >= 15 is 0 Å². The second-order valence-electron chi connectivity index (χ2n) is 2.63. The van der Waals surface area contributed by atoms with E-state index in [0.717, 1.165) is 3.57 Å². The molecule has 0 saturated heterocycles. The molecule has 3 nitrogen and oxygen atoms in total. The molecule has 1 rings (SSSR count). The second-order valence-corrected chi connectivity index (χ2v) is 4.23. The molecule has 1 aromatic rings. The van der Waals surface area contributed by atoms with Crippen LogP contribution in [0.3, 0.4) is 0 Å². The predicted octanol–water partition coefficient (Wildman–Crippen LogP) is 2.22. The van der Waals surface area contributed by atoms with Crippen molar-refractivity contribution in [2.75, 3.05) is 0 Å². The van der Waals surface area contributed by atoms with Gasteiger partial charge in [-0.05, 0) is 40.8 Å². The zero-order valence-corrected chi connectivity index (χ0v) is 10.2. The summed E-state index contributed by atoms with van der Waals surface area (Å²) in [7, 11) is 0. The van der Waals surface area contributed by atoms with Crippen molar-refractivity contribution in [2.24, 2.45) is 0 Å². The van der Waals surface area contributed by atoms with Gasteiger partial charge in [-0.25, -0.2) is 0 Å². The molecule has 14 heavy (non-hydrogen) atoms. The van der Waals surface area contributed by atoms with E-state index < -0.39 is 5.91 Å². The smallest absolute Gasteiger partial charge is 0.258 e. The van der Waals surface area contributed by atoms with Crippen LogP contribution >= 0.6 is 34.2 Å². The molecule has 0 fully saturated rings. The number of nitrogens with one attached hydrogen (secondary N) is 1. The third-order valence-corrected chi connectivity index (χ3v) is 2.64. The summed E-state index contributed by atoms with van der Waals surface area (Å²) in [6.07, 6.45) is 0. The molecular weight excluding hydrogens is 316 g/mol. The Bertz CT molecular complexity index is 392. The summed E-state index contributed by atoms with van der Waals surface area (Å²) in [5.41, 5.74) is 0.410. The fourth-order valence-corrected chi connectivity index (χ4v) is 1.65. The molecule has 1 aromatic carbocycles. The molecule has 0 saturated carbocycles. The summed E-state index contributed by atoms with van der Waals surface area (Å²) >= 11 is 7.74. The number of imide groups is 1. The van der Waals surface area contributed by atoms with Crippen LogP contribution in [0.5, 0.6) is 0 Å². The summed E-state index contributed by atoms with van der Waals surface area (Å²) in [4.78, 5) is 22.1. The first kappa shape index (κ1) is 11.5. The first-order chi connectivity index (χ1) is 6.50. The Labute approximate surface area is 100.0 Å². The van der Waals surface area contributed by atoms with Crippen LogP contribution in [0.1, 0.15) is 17.3 Å². The molecule has 2 amide bonds. The molecule has 0 aliphatic heterocycles. The van der Waals surface area contributed by atoms with Gasteiger partial charge in [-0.1, -0.05) is 11.6 Å². The van der Waals surface area contributed by atoms with Crippen molar-refractivity contribution < 1.29 is 9.59 Å². The number of carbonyl (C=O) groups excluding carboxylic acids is 2. The molecule has 0 unspecified atom stereocenters. The maximum absolute atomic E-state index is 11.4. The highest BCUT2D eigenvalue weighted by Gasteiger charge is 2.11. The number of benzene rings is 1. The van der Waals surface area contributed by atoms with Crippen LogP contribution in [0, 0.1) is 3.57 Å². The first-order valence-corrected chi connectivity index (χ1v) is 5.23. The number of halogens is 2. The molecule has 1 N–H and O–H groups in total. The van der Waals surface area contributed by atoms with E-state index in [-0.39, 0.29) is 5.91 Å². The number of amides is 2. The standard InChI is InChI=1S/C9H7ClINO2/c1-5(13)12-9(14)7-4-6(10)2-3-8(7)11/h2-4H,1H3,(H,12,13,14). The zero-order chi connectivity index (χ0) is 10.7. The Morgan fingerprint density at radius 1 is 1.43 bits per heavy atom. The van der Waals surface area contributed by atoms with Crippen molar-refractivity contribution in [3.63, 3.8) is 0 Å². The van der Waals surface area contributed by atoms with E-state index in [2.05, 4.69) is 5.32 Å². The largest absolute Gasteiger partial charge is 0.293 e. The van der Waals surface area contributed by atoms with Crippen LogP contribution < -0.4 is 5.32 Å². The van der Waals surface area contributed by atoms with Gasteiger partial charge in [0.25, 0.3) is 5.91 Å². The molecule has 0 heterocycles. The third-order valence-electron chi connectivity index (χ3n) is 1.46. The number of carbonyl (C=O) groups is 2. The van der Waals surface area contributed by atoms with Crippen molar-refractivity contribution >= 4 is 46.0 Å². The minimum absolute atomic E-state index is 0.384. The van der Waals surface area contributed by atoms with Crippen LogP contribution in [-0.4, -0.2) is 11.8 Å². The van der Waals surface area contributed by atoms with Crippen LogP contribution in [0.15, 0.2) is 18.2 Å². The molecule has 0 aliphatic carbocycles. The highest BCUT2D eigenvalue weighted by Crippen LogP contribution is 2.17. The number of hydrogen-bond donors (Lipinski definition) is 1. The Morgan fingerprint density at radius 3 is 2.64 bits per heavy atom. The maximum atomic E-state index is 11.4. The minimum Gasteiger partial charge on any atom is -0.293 e. The van der Waals surface area contributed by atoms with Gasteiger partial charge in [-0.2, -0.15) is 0 Å². The van der Waals surface area contributed by atoms with Crippen molar-refractivity contribution in [3.05, 3.63) is 32.4 Å². The normalized spacial score (nSPS) is 9.64. The first-order valence-electron chi connectivity index (χ1n) is 3.77. The SMILES string of the molecule is CC(=O)NC(=O)c1cc(Cl)ccc1I. The van der Waals surface area contributed by atoms with Crippen LogP contribution in [-0.2, 0) is 4.79 Å². The molecule has 0 spiro atoms. The molecule has 5 heteroatoms. The highest BCUT2D eigenvalue weighted by atomic mass is 127. The van der Waals surface area contributed by atoms with Crippen LogP contribution in [0.25, 0.3) is 0 Å². The molecular formula is C9H7ClINO2. The van der Waals surface area contributed by atoms with Gasteiger partial charge in [0.15, 0.2) is 0 Å². The van der Waals surface area contributed by atoms with Gasteiger partial charge in [0, 0.05) is 15.5 Å². The van der Waals surface area contributed by atoms with E-state index in [1.165, 1.54) is 13.0 Å². The van der Waals surface area contributed by atoms with Gasteiger partial charge < -0.3 is 0 Å².